The van der Waals surface area contributed by atoms with Crippen LogP contribution in [-0.2, 0) is 11.2 Å². The van der Waals surface area contributed by atoms with Gasteiger partial charge in [0.2, 0.25) is 5.76 Å². The van der Waals surface area contributed by atoms with Gasteiger partial charge in [-0.2, -0.15) is 0 Å². The highest BCUT2D eigenvalue weighted by Crippen LogP contribution is 2.25. The summed E-state index contributed by atoms with van der Waals surface area (Å²) in [5, 5.41) is 21.4. The van der Waals surface area contributed by atoms with Crippen LogP contribution in [0.25, 0.3) is 16.3 Å². The number of rotatable bonds is 5. The first kappa shape index (κ1) is 15.8. The minimum Gasteiger partial charge on any atom is -0.502 e. The Morgan fingerprint density at radius 2 is 1.46 bits per heavy atom. The summed E-state index contributed by atoms with van der Waals surface area (Å²) in [6.07, 6.45) is 1.12. The van der Waals surface area contributed by atoms with E-state index in [0.29, 0.717) is 18.4 Å². The largest absolute Gasteiger partial charge is 0.502 e. The van der Waals surface area contributed by atoms with E-state index in [9.17, 15) is 9.90 Å². The van der Waals surface area contributed by atoms with Gasteiger partial charge in [0.25, 0.3) is 0 Å². The third-order valence-corrected chi connectivity index (χ3v) is 4.09. The van der Waals surface area contributed by atoms with Gasteiger partial charge in [0.05, 0.1) is 0 Å². The van der Waals surface area contributed by atoms with Crippen LogP contribution in [0.1, 0.15) is 17.5 Å². The van der Waals surface area contributed by atoms with E-state index in [4.69, 9.17) is 5.11 Å². The van der Waals surface area contributed by atoms with Crippen molar-refractivity contribution >= 4 is 22.3 Å². The molecule has 3 nitrogen and oxygen atoms in total. The topological polar surface area (TPSA) is 57.5 Å². The van der Waals surface area contributed by atoms with Gasteiger partial charge < -0.3 is 10.2 Å². The molecule has 24 heavy (non-hydrogen) atoms. The zero-order valence-electron chi connectivity index (χ0n) is 13.1. The molecule has 3 rings (SSSR count). The molecular formula is C21H18O3. The second kappa shape index (κ2) is 7.01. The summed E-state index contributed by atoms with van der Waals surface area (Å²) in [5.41, 5.74) is 2.30. The Labute approximate surface area is 140 Å². The lowest BCUT2D eigenvalue weighted by Gasteiger charge is -2.10. The molecule has 3 heteroatoms. The molecule has 0 atom stereocenters. The third kappa shape index (κ3) is 3.46. The molecule has 2 N–H and O–H groups in total. The molecule has 0 saturated heterocycles. The first-order valence-corrected chi connectivity index (χ1v) is 7.83. The van der Waals surface area contributed by atoms with Crippen LogP contribution in [0.15, 0.2) is 78.6 Å². The average molecular weight is 318 g/mol. The van der Waals surface area contributed by atoms with Gasteiger partial charge in [-0.25, -0.2) is 4.79 Å². The van der Waals surface area contributed by atoms with Gasteiger partial charge >= 0.3 is 5.97 Å². The van der Waals surface area contributed by atoms with Crippen molar-refractivity contribution in [1.82, 2.24) is 0 Å². The number of aliphatic hydroxyl groups excluding tert-OH is 1. The summed E-state index contributed by atoms with van der Waals surface area (Å²) in [5.74, 6) is -1.88. The lowest BCUT2D eigenvalue weighted by atomic mass is 9.96. The summed E-state index contributed by atoms with van der Waals surface area (Å²) in [6, 6.07) is 23.5. The number of carbonyl (C=O) groups is 1. The zero-order chi connectivity index (χ0) is 16.9. The Morgan fingerprint density at radius 3 is 2.17 bits per heavy atom. The van der Waals surface area contributed by atoms with Crippen molar-refractivity contribution in [1.29, 1.82) is 0 Å². The van der Waals surface area contributed by atoms with Crippen LogP contribution in [0.3, 0.4) is 0 Å². The van der Waals surface area contributed by atoms with E-state index in [2.05, 4.69) is 24.3 Å². The van der Waals surface area contributed by atoms with Crippen LogP contribution in [0.4, 0.5) is 0 Å². The number of hydrogen-bond acceptors (Lipinski definition) is 2. The van der Waals surface area contributed by atoms with Crippen molar-refractivity contribution in [2.45, 2.75) is 12.8 Å². The molecule has 0 unspecified atom stereocenters. The molecular weight excluding hydrogens is 300 g/mol. The summed E-state index contributed by atoms with van der Waals surface area (Å²) >= 11 is 0. The first-order chi connectivity index (χ1) is 11.6. The van der Waals surface area contributed by atoms with Gasteiger partial charge in [0.15, 0.2) is 0 Å². The van der Waals surface area contributed by atoms with E-state index in [1.807, 2.05) is 48.5 Å². The molecule has 0 aromatic heterocycles. The molecule has 120 valence electrons. The average Bonchev–Trinajstić information content (AvgIpc) is 2.62. The van der Waals surface area contributed by atoms with E-state index in [1.165, 1.54) is 5.39 Å². The van der Waals surface area contributed by atoms with Crippen molar-refractivity contribution in [2.24, 2.45) is 0 Å². The summed E-state index contributed by atoms with van der Waals surface area (Å²) in [6.45, 7) is 0. The monoisotopic (exact) mass is 318 g/mol. The Bertz CT molecular complexity index is 895. The number of allylic oxidation sites excluding steroid dienone is 1. The van der Waals surface area contributed by atoms with Crippen molar-refractivity contribution in [3.05, 3.63) is 89.7 Å². The van der Waals surface area contributed by atoms with Crippen molar-refractivity contribution in [3.63, 3.8) is 0 Å². The zero-order valence-corrected chi connectivity index (χ0v) is 13.1. The van der Waals surface area contributed by atoms with Gasteiger partial charge in [-0.1, -0.05) is 72.8 Å². The fraction of sp³-hybridized carbons (Fsp3) is 0.0952. The number of hydrogen-bond donors (Lipinski definition) is 2. The lowest BCUT2D eigenvalue weighted by Crippen LogP contribution is -2.04. The second-order valence-corrected chi connectivity index (χ2v) is 5.68. The number of aliphatic hydroxyl groups is 1. The standard InChI is InChI=1S/C21H18O3/c22-20(21(23)24)19(17-7-2-1-3-8-17)13-11-15-10-12-16-6-4-5-9-18(16)14-15/h1-10,12,14,22H,11,13H2,(H,23,24). The number of carboxylic acid groups (broad SMARTS) is 1. The first-order valence-electron chi connectivity index (χ1n) is 7.83. The van der Waals surface area contributed by atoms with Gasteiger partial charge in [-0.05, 0) is 34.7 Å². The number of aliphatic carboxylic acids is 1. The fourth-order valence-corrected chi connectivity index (χ4v) is 2.83. The molecule has 0 bridgehead atoms. The molecule has 0 spiro atoms. The van der Waals surface area contributed by atoms with Crippen LogP contribution < -0.4 is 0 Å². The highest BCUT2D eigenvalue weighted by atomic mass is 16.4. The number of benzene rings is 3. The third-order valence-electron chi connectivity index (χ3n) is 4.09. The maximum atomic E-state index is 11.2. The molecule has 0 aliphatic heterocycles. The van der Waals surface area contributed by atoms with E-state index in [-0.39, 0.29) is 0 Å². The Balaban J connectivity index is 1.88. The Hall–Kier alpha value is -3.07. The minimum absolute atomic E-state index is 0.455. The van der Waals surface area contributed by atoms with Crippen molar-refractivity contribution in [2.75, 3.05) is 0 Å². The van der Waals surface area contributed by atoms with Crippen LogP contribution in [-0.4, -0.2) is 16.2 Å². The normalized spacial score (nSPS) is 12.0. The van der Waals surface area contributed by atoms with Crippen molar-refractivity contribution < 1.29 is 15.0 Å². The van der Waals surface area contributed by atoms with E-state index in [1.54, 1.807) is 0 Å². The number of aryl methyl sites for hydroxylation is 1. The predicted octanol–water partition coefficient (Wildman–Crippen LogP) is 4.83. The Kier molecular flexibility index (Phi) is 4.62. The lowest BCUT2D eigenvalue weighted by molar-refractivity contribution is -0.135. The number of carboxylic acids is 1. The van der Waals surface area contributed by atoms with Crippen LogP contribution in [0, 0.1) is 0 Å². The number of fused-ring (bicyclic) bond motifs is 1. The van der Waals surface area contributed by atoms with E-state index >= 15 is 0 Å². The molecule has 3 aromatic carbocycles. The van der Waals surface area contributed by atoms with E-state index in [0.717, 1.165) is 16.5 Å². The van der Waals surface area contributed by atoms with Crippen LogP contribution in [0.2, 0.25) is 0 Å². The predicted molar refractivity (Wildman–Crippen MR) is 95.9 cm³/mol. The van der Waals surface area contributed by atoms with Gasteiger partial charge in [-0.3, -0.25) is 0 Å². The van der Waals surface area contributed by atoms with Crippen LogP contribution in [0.5, 0.6) is 0 Å². The maximum absolute atomic E-state index is 11.2. The highest BCUT2D eigenvalue weighted by molar-refractivity contribution is 5.93. The fourth-order valence-electron chi connectivity index (χ4n) is 2.83. The van der Waals surface area contributed by atoms with E-state index < -0.39 is 11.7 Å². The highest BCUT2D eigenvalue weighted by Gasteiger charge is 2.14. The Morgan fingerprint density at radius 1 is 0.792 bits per heavy atom. The molecule has 0 aliphatic rings. The van der Waals surface area contributed by atoms with Gasteiger partial charge in [0, 0.05) is 5.57 Å². The van der Waals surface area contributed by atoms with Gasteiger partial charge in [0.1, 0.15) is 0 Å². The smallest absolute Gasteiger partial charge is 0.371 e. The molecule has 0 aliphatic carbocycles. The SMILES string of the molecule is O=C(O)C(O)=C(CCc1ccc2ccccc2c1)c1ccccc1. The molecule has 3 aromatic rings. The second-order valence-electron chi connectivity index (χ2n) is 5.68. The molecule has 0 radical (unpaired) electrons. The summed E-state index contributed by atoms with van der Waals surface area (Å²) < 4.78 is 0. The summed E-state index contributed by atoms with van der Waals surface area (Å²) in [4.78, 5) is 11.2. The quantitative estimate of drug-likeness (QED) is 0.523. The minimum atomic E-state index is -1.30. The van der Waals surface area contributed by atoms with Crippen molar-refractivity contribution in [3.8, 4) is 0 Å². The molecule has 0 fully saturated rings. The van der Waals surface area contributed by atoms with Crippen LogP contribution >= 0.6 is 0 Å². The molecule has 0 heterocycles. The summed E-state index contributed by atoms with van der Waals surface area (Å²) in [7, 11) is 0. The molecule has 0 saturated carbocycles. The maximum Gasteiger partial charge on any atom is 0.371 e. The van der Waals surface area contributed by atoms with Gasteiger partial charge in [-0.15, -0.1) is 0 Å². The molecule has 0 amide bonds.